The highest BCUT2D eigenvalue weighted by molar-refractivity contribution is 7.99. The number of rotatable bonds is 2. The highest BCUT2D eigenvalue weighted by Gasteiger charge is 2.41. The molecule has 0 spiro atoms. The molecule has 70 valence electrons. The maximum Gasteiger partial charge on any atom is 0.324 e. The number of nitrogens with zero attached hydrogens (tertiary/aromatic N) is 1. The highest BCUT2D eigenvalue weighted by atomic mass is 32.2. The van der Waals surface area contributed by atoms with Gasteiger partial charge in [-0.25, -0.2) is 0 Å². The van der Waals surface area contributed by atoms with E-state index < -0.39 is 11.5 Å². The molecule has 12 heavy (non-hydrogen) atoms. The van der Waals surface area contributed by atoms with Crippen LogP contribution in [0.15, 0.2) is 0 Å². The summed E-state index contributed by atoms with van der Waals surface area (Å²) in [5.41, 5.74) is -0.608. The Balaban J connectivity index is 2.77. The fourth-order valence-electron chi connectivity index (χ4n) is 1.49. The Morgan fingerprint density at radius 1 is 1.58 bits per heavy atom. The molecule has 0 saturated carbocycles. The van der Waals surface area contributed by atoms with E-state index >= 15 is 0 Å². The van der Waals surface area contributed by atoms with Gasteiger partial charge in [-0.3, -0.25) is 9.69 Å². The Morgan fingerprint density at radius 2 is 2.25 bits per heavy atom. The van der Waals surface area contributed by atoms with Crippen molar-refractivity contribution in [1.82, 2.24) is 4.90 Å². The summed E-state index contributed by atoms with van der Waals surface area (Å²) in [6.45, 7) is 0. The van der Waals surface area contributed by atoms with Gasteiger partial charge in [0, 0.05) is 5.75 Å². The zero-order valence-electron chi connectivity index (χ0n) is 7.54. The summed E-state index contributed by atoms with van der Waals surface area (Å²) in [6, 6.07) is 0. The quantitative estimate of drug-likeness (QED) is 0.700. The van der Waals surface area contributed by atoms with Gasteiger partial charge in [0.15, 0.2) is 0 Å². The summed E-state index contributed by atoms with van der Waals surface area (Å²) in [5.74, 6) is 1.14. The van der Waals surface area contributed by atoms with E-state index in [9.17, 15) is 4.79 Å². The molecule has 1 rings (SSSR count). The van der Waals surface area contributed by atoms with E-state index in [4.69, 9.17) is 5.11 Å². The second-order valence-corrected chi connectivity index (χ2v) is 4.49. The zero-order chi connectivity index (χ0) is 9.19. The van der Waals surface area contributed by atoms with Crippen molar-refractivity contribution >= 4 is 17.7 Å². The molecule has 1 atom stereocenters. The first kappa shape index (κ1) is 9.86. The van der Waals surface area contributed by atoms with Gasteiger partial charge in [0.05, 0.1) is 0 Å². The summed E-state index contributed by atoms with van der Waals surface area (Å²) in [7, 11) is 3.69. The van der Waals surface area contributed by atoms with Crippen LogP contribution in [-0.4, -0.2) is 47.1 Å². The number of hydrogen-bond acceptors (Lipinski definition) is 3. The van der Waals surface area contributed by atoms with Crippen molar-refractivity contribution in [3.05, 3.63) is 0 Å². The van der Waals surface area contributed by atoms with Gasteiger partial charge >= 0.3 is 5.97 Å². The predicted octanol–water partition coefficient (Wildman–Crippen LogP) is 0.898. The van der Waals surface area contributed by atoms with Crippen LogP contribution in [0.4, 0.5) is 0 Å². The van der Waals surface area contributed by atoms with Gasteiger partial charge in [-0.05, 0) is 32.7 Å². The number of hydrogen-bond donors (Lipinski definition) is 1. The topological polar surface area (TPSA) is 40.5 Å². The predicted molar refractivity (Wildman–Crippen MR) is 50.6 cm³/mol. The van der Waals surface area contributed by atoms with Crippen molar-refractivity contribution in [3.63, 3.8) is 0 Å². The third kappa shape index (κ3) is 1.59. The van der Waals surface area contributed by atoms with Crippen LogP contribution in [0.3, 0.4) is 0 Å². The third-order valence-corrected chi connectivity index (χ3v) is 3.73. The Bertz CT molecular complexity index is 176. The zero-order valence-corrected chi connectivity index (χ0v) is 8.36. The molecule has 1 fully saturated rings. The first-order chi connectivity index (χ1) is 5.59. The van der Waals surface area contributed by atoms with Crippen LogP contribution in [-0.2, 0) is 4.79 Å². The van der Waals surface area contributed by atoms with Gasteiger partial charge < -0.3 is 5.11 Å². The van der Waals surface area contributed by atoms with Gasteiger partial charge in [0.25, 0.3) is 0 Å². The number of thioether (sulfide) groups is 1. The summed E-state index contributed by atoms with van der Waals surface area (Å²) in [4.78, 5) is 12.9. The smallest absolute Gasteiger partial charge is 0.324 e. The minimum atomic E-state index is -0.681. The van der Waals surface area contributed by atoms with Crippen LogP contribution in [0, 0.1) is 0 Å². The lowest BCUT2D eigenvalue weighted by atomic mass is 9.94. The van der Waals surface area contributed by atoms with Crippen molar-refractivity contribution in [2.45, 2.75) is 18.4 Å². The van der Waals surface area contributed by atoms with Gasteiger partial charge in [-0.2, -0.15) is 11.8 Å². The molecule has 0 aromatic carbocycles. The Hall–Kier alpha value is -0.220. The number of carboxylic acids is 1. The van der Waals surface area contributed by atoms with Crippen molar-refractivity contribution < 1.29 is 9.90 Å². The summed E-state index contributed by atoms with van der Waals surface area (Å²) < 4.78 is 0. The summed E-state index contributed by atoms with van der Waals surface area (Å²) >= 11 is 1.74. The minimum Gasteiger partial charge on any atom is -0.480 e. The first-order valence-corrected chi connectivity index (χ1v) is 5.23. The number of carboxylic acid groups (broad SMARTS) is 1. The van der Waals surface area contributed by atoms with Crippen molar-refractivity contribution in [2.75, 3.05) is 25.6 Å². The van der Waals surface area contributed by atoms with Gasteiger partial charge in [0.2, 0.25) is 0 Å². The molecular weight excluding hydrogens is 174 g/mol. The van der Waals surface area contributed by atoms with Gasteiger partial charge in [-0.1, -0.05) is 0 Å². The van der Waals surface area contributed by atoms with Crippen LogP contribution in [0.5, 0.6) is 0 Å². The molecule has 1 heterocycles. The van der Waals surface area contributed by atoms with E-state index in [1.54, 1.807) is 11.8 Å². The van der Waals surface area contributed by atoms with Gasteiger partial charge in [-0.15, -0.1) is 0 Å². The molecule has 0 aromatic rings. The Morgan fingerprint density at radius 3 is 2.50 bits per heavy atom. The standard InChI is InChI=1S/C8H15NO2S/c1-9(2)8(7(10)11)4-3-5-12-6-8/h3-6H2,1-2H3,(H,10,11)/t8-/m1/s1. The lowest BCUT2D eigenvalue weighted by Crippen LogP contribution is -2.54. The summed E-state index contributed by atoms with van der Waals surface area (Å²) in [6.07, 6.45) is 1.79. The van der Waals surface area contributed by atoms with Crippen LogP contribution < -0.4 is 0 Å². The average molecular weight is 189 g/mol. The first-order valence-electron chi connectivity index (χ1n) is 4.08. The molecule has 1 aliphatic heterocycles. The normalized spacial score (nSPS) is 30.6. The second kappa shape index (κ2) is 3.66. The van der Waals surface area contributed by atoms with E-state index in [0.29, 0.717) is 0 Å². The van der Waals surface area contributed by atoms with E-state index in [0.717, 1.165) is 24.3 Å². The fraction of sp³-hybridized carbons (Fsp3) is 0.875. The number of carbonyl (C=O) groups is 1. The molecule has 0 aliphatic carbocycles. The molecule has 4 heteroatoms. The molecule has 3 nitrogen and oxygen atoms in total. The third-order valence-electron chi connectivity index (χ3n) is 2.47. The van der Waals surface area contributed by atoms with E-state index in [2.05, 4.69) is 0 Å². The van der Waals surface area contributed by atoms with E-state index in [1.807, 2.05) is 19.0 Å². The Kier molecular flexibility index (Phi) is 3.01. The molecule has 1 saturated heterocycles. The monoisotopic (exact) mass is 189 g/mol. The van der Waals surface area contributed by atoms with Crippen LogP contribution in [0.1, 0.15) is 12.8 Å². The number of aliphatic carboxylic acids is 1. The van der Waals surface area contributed by atoms with Crippen LogP contribution in [0.25, 0.3) is 0 Å². The largest absolute Gasteiger partial charge is 0.480 e. The van der Waals surface area contributed by atoms with Crippen molar-refractivity contribution in [1.29, 1.82) is 0 Å². The van der Waals surface area contributed by atoms with Crippen LogP contribution in [0.2, 0.25) is 0 Å². The average Bonchev–Trinajstić information content (AvgIpc) is 2.05. The molecule has 1 aliphatic rings. The molecular formula is C8H15NO2S. The Labute approximate surface area is 77.1 Å². The molecule has 0 unspecified atom stereocenters. The lowest BCUT2D eigenvalue weighted by Gasteiger charge is -2.38. The van der Waals surface area contributed by atoms with Gasteiger partial charge in [0.1, 0.15) is 5.54 Å². The molecule has 0 bridgehead atoms. The second-order valence-electron chi connectivity index (χ2n) is 3.39. The number of likely N-dealkylation sites (N-methyl/N-ethyl adjacent to an activating group) is 1. The lowest BCUT2D eigenvalue weighted by molar-refractivity contribution is -0.149. The fourth-order valence-corrected chi connectivity index (χ4v) is 2.85. The molecule has 0 radical (unpaired) electrons. The highest BCUT2D eigenvalue weighted by Crippen LogP contribution is 2.30. The van der Waals surface area contributed by atoms with Crippen LogP contribution >= 0.6 is 11.8 Å². The minimum absolute atomic E-state index is 0.608. The molecule has 0 aromatic heterocycles. The van der Waals surface area contributed by atoms with E-state index in [1.165, 1.54) is 0 Å². The maximum absolute atomic E-state index is 11.1. The molecule has 0 amide bonds. The molecule has 1 N–H and O–H groups in total. The van der Waals surface area contributed by atoms with E-state index in [-0.39, 0.29) is 0 Å². The summed E-state index contributed by atoms with van der Waals surface area (Å²) in [5, 5.41) is 9.10. The van der Waals surface area contributed by atoms with Crippen molar-refractivity contribution in [3.8, 4) is 0 Å². The van der Waals surface area contributed by atoms with Crippen molar-refractivity contribution in [2.24, 2.45) is 0 Å². The SMILES string of the molecule is CN(C)[C@]1(C(=O)O)CCCSC1. The maximum atomic E-state index is 11.1.